The van der Waals surface area contributed by atoms with Gasteiger partial charge in [0.25, 0.3) is 0 Å². The molecule has 4 heteroatoms. The first-order valence-corrected chi connectivity index (χ1v) is 6.10. The van der Waals surface area contributed by atoms with Crippen LogP contribution >= 0.6 is 0 Å². The minimum Gasteiger partial charge on any atom is -0.399 e. The lowest BCUT2D eigenvalue weighted by atomic mass is 10.1. The number of likely N-dealkylation sites (N-methyl/N-ethyl adjacent to an activating group) is 1. The van der Waals surface area contributed by atoms with Gasteiger partial charge in [-0.05, 0) is 24.1 Å². The summed E-state index contributed by atoms with van der Waals surface area (Å²) in [4.78, 5) is 17.9. The van der Waals surface area contributed by atoms with Crippen molar-refractivity contribution in [3.05, 3.63) is 53.7 Å². The molecule has 0 aliphatic heterocycles. The molecule has 0 unspecified atom stereocenters. The first-order chi connectivity index (χ1) is 9.08. The lowest BCUT2D eigenvalue weighted by molar-refractivity contribution is -0.117. The molecule has 1 heterocycles. The van der Waals surface area contributed by atoms with Gasteiger partial charge in [0.1, 0.15) is 5.82 Å². The Bertz CT molecular complexity index is 595. The van der Waals surface area contributed by atoms with Crippen LogP contribution in [-0.4, -0.2) is 17.9 Å². The topological polar surface area (TPSA) is 59.2 Å². The average molecular weight is 255 g/mol. The van der Waals surface area contributed by atoms with E-state index in [1.54, 1.807) is 25.4 Å². The third-order valence-electron chi connectivity index (χ3n) is 3.09. The number of anilines is 2. The van der Waals surface area contributed by atoms with E-state index in [1.807, 2.05) is 31.2 Å². The van der Waals surface area contributed by atoms with E-state index in [1.165, 1.54) is 4.90 Å². The van der Waals surface area contributed by atoms with Crippen LogP contribution in [0, 0.1) is 6.92 Å². The molecular weight excluding hydrogens is 238 g/mol. The number of benzene rings is 1. The number of aromatic nitrogens is 1. The molecule has 0 aliphatic rings. The van der Waals surface area contributed by atoms with Crippen LogP contribution in [0.3, 0.4) is 0 Å². The highest BCUT2D eigenvalue weighted by atomic mass is 16.2. The zero-order chi connectivity index (χ0) is 13.8. The molecule has 1 aromatic heterocycles. The number of carbonyl (C=O) groups excluding carboxylic acids is 1. The predicted octanol–water partition coefficient (Wildman–Crippen LogP) is 2.18. The number of nitrogen functional groups attached to an aromatic ring is 1. The van der Waals surface area contributed by atoms with Crippen LogP contribution in [0.2, 0.25) is 0 Å². The van der Waals surface area contributed by atoms with E-state index < -0.39 is 0 Å². The molecule has 0 fully saturated rings. The predicted molar refractivity (Wildman–Crippen MR) is 76.9 cm³/mol. The Hall–Kier alpha value is -2.36. The molecule has 0 saturated carbocycles. The van der Waals surface area contributed by atoms with Crippen molar-refractivity contribution in [1.82, 2.24) is 4.98 Å². The molecule has 0 spiro atoms. The first-order valence-electron chi connectivity index (χ1n) is 6.10. The number of nitrogens with zero attached hydrogens (tertiary/aromatic N) is 2. The number of hydrogen-bond acceptors (Lipinski definition) is 3. The number of rotatable bonds is 3. The molecule has 0 aliphatic carbocycles. The second-order valence-electron chi connectivity index (χ2n) is 4.50. The van der Waals surface area contributed by atoms with Crippen molar-refractivity contribution in [2.45, 2.75) is 13.3 Å². The third kappa shape index (κ3) is 3.10. The van der Waals surface area contributed by atoms with Gasteiger partial charge in [-0.1, -0.05) is 24.3 Å². The van der Waals surface area contributed by atoms with Crippen molar-refractivity contribution in [2.75, 3.05) is 17.7 Å². The molecule has 2 N–H and O–H groups in total. The van der Waals surface area contributed by atoms with Gasteiger partial charge in [0, 0.05) is 25.0 Å². The summed E-state index contributed by atoms with van der Waals surface area (Å²) in [5.74, 6) is 0.561. The van der Waals surface area contributed by atoms with Crippen LogP contribution in [0.25, 0.3) is 0 Å². The zero-order valence-electron chi connectivity index (χ0n) is 11.1. The van der Waals surface area contributed by atoms with Gasteiger partial charge in [0.05, 0.1) is 6.42 Å². The van der Waals surface area contributed by atoms with E-state index >= 15 is 0 Å². The maximum atomic E-state index is 12.2. The fraction of sp³-hybridized carbons (Fsp3) is 0.200. The minimum atomic E-state index is -0.00704. The zero-order valence-corrected chi connectivity index (χ0v) is 11.1. The largest absolute Gasteiger partial charge is 0.399 e. The molecule has 2 rings (SSSR count). The lowest BCUT2D eigenvalue weighted by Crippen LogP contribution is -2.28. The van der Waals surface area contributed by atoms with E-state index in [0.717, 1.165) is 11.1 Å². The second kappa shape index (κ2) is 5.52. The SMILES string of the molecule is Cc1ccccc1CC(=O)N(C)c1cc(N)ccn1. The molecule has 1 amide bonds. The van der Waals surface area contributed by atoms with Crippen molar-refractivity contribution >= 4 is 17.4 Å². The lowest BCUT2D eigenvalue weighted by Gasteiger charge is -2.17. The molecule has 19 heavy (non-hydrogen) atoms. The maximum Gasteiger partial charge on any atom is 0.232 e. The summed E-state index contributed by atoms with van der Waals surface area (Å²) in [5.41, 5.74) is 8.44. The minimum absolute atomic E-state index is 0.00704. The van der Waals surface area contributed by atoms with E-state index in [4.69, 9.17) is 5.73 Å². The van der Waals surface area contributed by atoms with Crippen LogP contribution in [0.5, 0.6) is 0 Å². The van der Waals surface area contributed by atoms with Crippen LogP contribution in [0.15, 0.2) is 42.6 Å². The summed E-state index contributed by atoms with van der Waals surface area (Å²) in [6.07, 6.45) is 1.96. The quantitative estimate of drug-likeness (QED) is 0.914. The van der Waals surface area contributed by atoms with Gasteiger partial charge in [-0.25, -0.2) is 4.98 Å². The molecular formula is C15H17N3O. The summed E-state index contributed by atoms with van der Waals surface area (Å²) in [5, 5.41) is 0. The van der Waals surface area contributed by atoms with Crippen LogP contribution in [-0.2, 0) is 11.2 Å². The van der Waals surface area contributed by atoms with Gasteiger partial charge in [0.2, 0.25) is 5.91 Å². The van der Waals surface area contributed by atoms with Crippen molar-refractivity contribution in [3.8, 4) is 0 Å². The molecule has 0 saturated heterocycles. The van der Waals surface area contributed by atoms with Crippen molar-refractivity contribution < 1.29 is 4.79 Å². The van der Waals surface area contributed by atoms with E-state index in [0.29, 0.717) is 17.9 Å². The Morgan fingerprint density at radius 1 is 1.32 bits per heavy atom. The van der Waals surface area contributed by atoms with Crippen LogP contribution < -0.4 is 10.6 Å². The van der Waals surface area contributed by atoms with Crippen molar-refractivity contribution in [3.63, 3.8) is 0 Å². The second-order valence-corrected chi connectivity index (χ2v) is 4.50. The van der Waals surface area contributed by atoms with Crippen molar-refractivity contribution in [2.24, 2.45) is 0 Å². The van der Waals surface area contributed by atoms with Gasteiger partial charge in [-0.2, -0.15) is 0 Å². The summed E-state index contributed by atoms with van der Waals surface area (Å²) >= 11 is 0. The molecule has 98 valence electrons. The number of hydrogen-bond donors (Lipinski definition) is 1. The van der Waals surface area contributed by atoms with Gasteiger partial charge in [-0.15, -0.1) is 0 Å². The fourth-order valence-electron chi connectivity index (χ4n) is 1.84. The Balaban J connectivity index is 2.14. The van der Waals surface area contributed by atoms with Gasteiger partial charge in [0.15, 0.2) is 0 Å². The van der Waals surface area contributed by atoms with E-state index in [9.17, 15) is 4.79 Å². The standard InChI is InChI=1S/C15H17N3O/c1-11-5-3-4-6-12(11)9-15(19)18(2)14-10-13(16)7-8-17-14/h3-8,10H,9H2,1-2H3,(H2,16,17). The maximum absolute atomic E-state index is 12.2. The monoisotopic (exact) mass is 255 g/mol. The molecule has 2 aromatic rings. The molecule has 0 atom stereocenters. The Kier molecular flexibility index (Phi) is 3.80. The van der Waals surface area contributed by atoms with E-state index in [-0.39, 0.29) is 5.91 Å². The highest BCUT2D eigenvalue weighted by molar-refractivity contribution is 5.93. The number of pyridine rings is 1. The third-order valence-corrected chi connectivity index (χ3v) is 3.09. The van der Waals surface area contributed by atoms with Gasteiger partial charge >= 0.3 is 0 Å². The summed E-state index contributed by atoms with van der Waals surface area (Å²) < 4.78 is 0. The normalized spacial score (nSPS) is 10.2. The van der Waals surface area contributed by atoms with Gasteiger partial charge < -0.3 is 5.73 Å². The van der Waals surface area contributed by atoms with Crippen molar-refractivity contribution in [1.29, 1.82) is 0 Å². The highest BCUT2D eigenvalue weighted by Crippen LogP contribution is 2.15. The van der Waals surface area contributed by atoms with Crippen LogP contribution in [0.4, 0.5) is 11.5 Å². The number of amides is 1. The van der Waals surface area contributed by atoms with Crippen LogP contribution in [0.1, 0.15) is 11.1 Å². The Morgan fingerprint density at radius 3 is 2.74 bits per heavy atom. The molecule has 0 bridgehead atoms. The average Bonchev–Trinajstić information content (AvgIpc) is 2.40. The van der Waals surface area contributed by atoms with Gasteiger partial charge in [-0.3, -0.25) is 9.69 Å². The molecule has 0 radical (unpaired) electrons. The number of aryl methyl sites for hydroxylation is 1. The molecule has 4 nitrogen and oxygen atoms in total. The first kappa shape index (κ1) is 13.1. The Morgan fingerprint density at radius 2 is 2.05 bits per heavy atom. The van der Waals surface area contributed by atoms with E-state index in [2.05, 4.69) is 4.98 Å². The summed E-state index contributed by atoms with van der Waals surface area (Å²) in [6, 6.07) is 11.3. The number of nitrogens with two attached hydrogens (primary N) is 1. The highest BCUT2D eigenvalue weighted by Gasteiger charge is 2.13. The summed E-state index contributed by atoms with van der Waals surface area (Å²) in [7, 11) is 1.71. The number of carbonyl (C=O) groups is 1. The smallest absolute Gasteiger partial charge is 0.232 e. The fourth-order valence-corrected chi connectivity index (χ4v) is 1.84. The Labute approximate surface area is 112 Å². The summed E-state index contributed by atoms with van der Waals surface area (Å²) in [6.45, 7) is 2.00. The molecule has 1 aromatic carbocycles.